The van der Waals surface area contributed by atoms with Gasteiger partial charge in [0.05, 0.1) is 39.6 Å². The van der Waals surface area contributed by atoms with Crippen molar-refractivity contribution in [1.82, 2.24) is 9.80 Å². The van der Waals surface area contributed by atoms with Crippen LogP contribution in [0.5, 0.6) is 0 Å². The van der Waals surface area contributed by atoms with Crippen molar-refractivity contribution < 1.29 is 28.5 Å². The van der Waals surface area contributed by atoms with Crippen LogP contribution < -0.4 is 0 Å². The predicted octanol–water partition coefficient (Wildman–Crippen LogP) is 0.854. The van der Waals surface area contributed by atoms with Crippen molar-refractivity contribution in [1.29, 1.82) is 0 Å². The molecule has 2 heterocycles. The molecule has 0 saturated carbocycles. The highest BCUT2D eigenvalue weighted by molar-refractivity contribution is 5.91. The summed E-state index contributed by atoms with van der Waals surface area (Å²) in [5.41, 5.74) is 0. The minimum absolute atomic E-state index is 0.365. The van der Waals surface area contributed by atoms with Gasteiger partial charge < -0.3 is 18.9 Å². The molecular formula is C20H34N2O6. The number of nitrogens with zero attached hydrogens (tertiary/aromatic N) is 2. The fourth-order valence-electron chi connectivity index (χ4n) is 3.10. The smallest absolute Gasteiger partial charge is 0.331 e. The van der Waals surface area contributed by atoms with Crippen LogP contribution in [-0.2, 0) is 28.5 Å². The van der Waals surface area contributed by atoms with E-state index < -0.39 is 11.9 Å². The first-order chi connectivity index (χ1) is 13.7. The molecule has 8 heteroatoms. The van der Waals surface area contributed by atoms with E-state index in [9.17, 15) is 9.59 Å². The SMILES string of the molecule is O=C(C=CC(=O)OCCCCN1CCOCC1)OCCCCN1CCOCC1. The van der Waals surface area contributed by atoms with Crippen molar-refractivity contribution in [3.05, 3.63) is 12.2 Å². The molecule has 160 valence electrons. The van der Waals surface area contributed by atoms with E-state index in [0.717, 1.165) is 104 Å². The van der Waals surface area contributed by atoms with E-state index in [0.29, 0.717) is 13.2 Å². The van der Waals surface area contributed by atoms with E-state index in [1.807, 2.05) is 0 Å². The predicted molar refractivity (Wildman–Crippen MR) is 104 cm³/mol. The Balaban J connectivity index is 1.40. The second-order valence-electron chi connectivity index (χ2n) is 6.99. The molecule has 8 nitrogen and oxygen atoms in total. The van der Waals surface area contributed by atoms with Gasteiger partial charge in [0.1, 0.15) is 0 Å². The molecule has 2 aliphatic rings. The minimum Gasteiger partial charge on any atom is -0.463 e. The minimum atomic E-state index is -0.504. The summed E-state index contributed by atoms with van der Waals surface area (Å²) in [4.78, 5) is 27.9. The molecule has 2 aliphatic heterocycles. The van der Waals surface area contributed by atoms with Crippen LogP contribution in [0.15, 0.2) is 12.2 Å². The van der Waals surface area contributed by atoms with Crippen LogP contribution in [0.2, 0.25) is 0 Å². The van der Waals surface area contributed by atoms with Gasteiger partial charge in [0, 0.05) is 38.3 Å². The van der Waals surface area contributed by atoms with E-state index in [1.54, 1.807) is 0 Å². The molecule has 0 unspecified atom stereocenters. The molecule has 0 radical (unpaired) electrons. The highest BCUT2D eigenvalue weighted by Crippen LogP contribution is 2.02. The van der Waals surface area contributed by atoms with Crippen LogP contribution in [-0.4, -0.2) is 101 Å². The van der Waals surface area contributed by atoms with Gasteiger partial charge in [-0.3, -0.25) is 9.80 Å². The van der Waals surface area contributed by atoms with Gasteiger partial charge in [-0.2, -0.15) is 0 Å². The topological polar surface area (TPSA) is 77.5 Å². The number of hydrogen-bond donors (Lipinski definition) is 0. The van der Waals surface area contributed by atoms with Crippen LogP contribution in [0.1, 0.15) is 25.7 Å². The molecule has 2 fully saturated rings. The van der Waals surface area contributed by atoms with Crippen LogP contribution in [0.4, 0.5) is 0 Å². The van der Waals surface area contributed by atoms with Crippen LogP contribution in [0.25, 0.3) is 0 Å². The number of hydrogen-bond acceptors (Lipinski definition) is 8. The van der Waals surface area contributed by atoms with Gasteiger partial charge in [-0.15, -0.1) is 0 Å². The highest BCUT2D eigenvalue weighted by Gasteiger charge is 2.10. The molecule has 0 N–H and O–H groups in total. The van der Waals surface area contributed by atoms with Crippen molar-refractivity contribution in [3.8, 4) is 0 Å². The first-order valence-electron chi connectivity index (χ1n) is 10.4. The lowest BCUT2D eigenvalue weighted by atomic mass is 10.3. The summed E-state index contributed by atoms with van der Waals surface area (Å²) in [6.07, 6.45) is 5.85. The van der Waals surface area contributed by atoms with Crippen LogP contribution in [0.3, 0.4) is 0 Å². The van der Waals surface area contributed by atoms with Crippen molar-refractivity contribution in [2.75, 3.05) is 78.9 Å². The van der Waals surface area contributed by atoms with Crippen molar-refractivity contribution in [3.63, 3.8) is 0 Å². The molecule has 0 aromatic heterocycles. The van der Waals surface area contributed by atoms with Gasteiger partial charge in [-0.05, 0) is 38.8 Å². The maximum atomic E-state index is 11.6. The summed E-state index contributed by atoms with van der Waals surface area (Å²) in [5.74, 6) is -1.01. The first kappa shape index (κ1) is 22.8. The number of esters is 2. The Morgan fingerprint density at radius 1 is 0.679 bits per heavy atom. The molecule has 28 heavy (non-hydrogen) atoms. The van der Waals surface area contributed by atoms with E-state index in [1.165, 1.54) is 0 Å². The van der Waals surface area contributed by atoms with Crippen molar-refractivity contribution in [2.45, 2.75) is 25.7 Å². The number of morpholine rings is 2. The van der Waals surface area contributed by atoms with Crippen LogP contribution in [0, 0.1) is 0 Å². The second kappa shape index (κ2) is 14.5. The molecule has 0 amide bonds. The Morgan fingerprint density at radius 3 is 1.46 bits per heavy atom. The maximum absolute atomic E-state index is 11.6. The summed E-state index contributed by atoms with van der Waals surface area (Å²) in [6, 6.07) is 0. The first-order valence-corrected chi connectivity index (χ1v) is 10.4. The summed E-state index contributed by atoms with van der Waals surface area (Å²) < 4.78 is 20.8. The summed E-state index contributed by atoms with van der Waals surface area (Å²) >= 11 is 0. The van der Waals surface area contributed by atoms with E-state index in [2.05, 4.69) is 9.80 Å². The summed E-state index contributed by atoms with van der Waals surface area (Å²) in [6.45, 7) is 9.78. The Labute approximate surface area is 167 Å². The number of ether oxygens (including phenoxy) is 4. The van der Waals surface area contributed by atoms with Gasteiger partial charge in [0.2, 0.25) is 0 Å². The molecule has 0 spiro atoms. The fourth-order valence-corrected chi connectivity index (χ4v) is 3.10. The highest BCUT2D eigenvalue weighted by atomic mass is 16.5. The molecule has 0 aromatic rings. The third kappa shape index (κ3) is 10.8. The average Bonchev–Trinajstić information content (AvgIpc) is 2.73. The van der Waals surface area contributed by atoms with Crippen molar-refractivity contribution in [2.24, 2.45) is 0 Å². The Kier molecular flexibility index (Phi) is 11.8. The fraction of sp³-hybridized carbons (Fsp3) is 0.800. The van der Waals surface area contributed by atoms with E-state index in [-0.39, 0.29) is 0 Å². The Hall–Kier alpha value is -1.48. The lowest BCUT2D eigenvalue weighted by molar-refractivity contribution is -0.140. The summed E-state index contributed by atoms with van der Waals surface area (Å²) in [5, 5.41) is 0. The molecule has 0 aliphatic carbocycles. The molecule has 0 aromatic carbocycles. The zero-order valence-corrected chi connectivity index (χ0v) is 16.8. The zero-order valence-electron chi connectivity index (χ0n) is 16.8. The van der Waals surface area contributed by atoms with Gasteiger partial charge in [-0.1, -0.05) is 0 Å². The quantitative estimate of drug-likeness (QED) is 0.272. The van der Waals surface area contributed by atoms with Gasteiger partial charge >= 0.3 is 11.9 Å². The van der Waals surface area contributed by atoms with E-state index >= 15 is 0 Å². The molecule has 0 bridgehead atoms. The lowest BCUT2D eigenvalue weighted by Gasteiger charge is -2.26. The van der Waals surface area contributed by atoms with Crippen molar-refractivity contribution >= 4 is 11.9 Å². The number of carbonyl (C=O) groups excluding carboxylic acids is 2. The zero-order chi connectivity index (χ0) is 19.9. The monoisotopic (exact) mass is 398 g/mol. The standard InChI is InChI=1S/C20H34N2O6/c23-19(27-13-3-1-7-21-9-15-25-16-10-21)5-6-20(24)28-14-4-2-8-22-11-17-26-18-12-22/h5-6H,1-4,7-18H2. The number of unbranched alkanes of at least 4 members (excludes halogenated alkanes) is 2. The van der Waals surface area contributed by atoms with Gasteiger partial charge in [-0.25, -0.2) is 9.59 Å². The third-order valence-corrected chi connectivity index (χ3v) is 4.79. The lowest BCUT2D eigenvalue weighted by Crippen LogP contribution is -2.36. The Bertz CT molecular complexity index is 431. The van der Waals surface area contributed by atoms with Gasteiger partial charge in [0.25, 0.3) is 0 Å². The van der Waals surface area contributed by atoms with Gasteiger partial charge in [0.15, 0.2) is 0 Å². The normalized spacial score (nSPS) is 19.0. The molecule has 2 rings (SSSR count). The maximum Gasteiger partial charge on any atom is 0.331 e. The largest absolute Gasteiger partial charge is 0.463 e. The Morgan fingerprint density at radius 2 is 1.07 bits per heavy atom. The van der Waals surface area contributed by atoms with Crippen LogP contribution >= 0.6 is 0 Å². The number of rotatable bonds is 12. The molecule has 0 atom stereocenters. The molecule has 2 saturated heterocycles. The van der Waals surface area contributed by atoms with E-state index in [4.69, 9.17) is 18.9 Å². The molecular weight excluding hydrogens is 364 g/mol. The average molecular weight is 399 g/mol. The third-order valence-electron chi connectivity index (χ3n) is 4.79. The summed E-state index contributed by atoms with van der Waals surface area (Å²) in [7, 11) is 0. The second-order valence-corrected chi connectivity index (χ2v) is 6.99. The number of carbonyl (C=O) groups is 2.